The molecule has 1 N–H and O–H groups in total. The van der Waals surface area contributed by atoms with Crippen molar-refractivity contribution in [2.24, 2.45) is 0 Å². The lowest BCUT2D eigenvalue weighted by molar-refractivity contribution is -0.121. The van der Waals surface area contributed by atoms with E-state index in [1.807, 2.05) is 32.0 Å². The molecule has 2 heterocycles. The fraction of sp³-hybridized carbons (Fsp3) is 0.238. The summed E-state index contributed by atoms with van der Waals surface area (Å²) < 4.78 is 33.6. The Morgan fingerprint density at radius 3 is 2.73 bits per heavy atom. The Balaban J connectivity index is 1.62. The maximum atomic E-state index is 12.8. The van der Waals surface area contributed by atoms with E-state index in [1.165, 1.54) is 11.3 Å². The predicted octanol–water partition coefficient (Wildman–Crippen LogP) is 3.97. The van der Waals surface area contributed by atoms with Gasteiger partial charge in [-0.25, -0.2) is 13.4 Å². The maximum absolute atomic E-state index is 12.8. The number of fused-ring (bicyclic) bond motifs is 1. The highest BCUT2D eigenvalue weighted by Gasteiger charge is 2.25. The van der Waals surface area contributed by atoms with Crippen LogP contribution in [0.25, 0.3) is 11.3 Å². The van der Waals surface area contributed by atoms with E-state index < -0.39 is 10.0 Å². The van der Waals surface area contributed by atoms with Gasteiger partial charge in [-0.2, -0.15) is 0 Å². The van der Waals surface area contributed by atoms with Crippen LogP contribution in [0.1, 0.15) is 18.1 Å². The minimum Gasteiger partial charge on any atom is -0.482 e. The van der Waals surface area contributed by atoms with Gasteiger partial charge in [0.1, 0.15) is 5.75 Å². The van der Waals surface area contributed by atoms with Gasteiger partial charge in [-0.1, -0.05) is 17.7 Å². The van der Waals surface area contributed by atoms with Gasteiger partial charge in [0, 0.05) is 17.5 Å². The van der Waals surface area contributed by atoms with Crippen molar-refractivity contribution in [2.75, 3.05) is 22.8 Å². The third-order valence-electron chi connectivity index (χ3n) is 4.86. The number of rotatable bonds is 5. The van der Waals surface area contributed by atoms with Crippen molar-refractivity contribution in [3.05, 3.63) is 52.9 Å². The van der Waals surface area contributed by atoms with E-state index in [9.17, 15) is 13.2 Å². The van der Waals surface area contributed by atoms with Crippen molar-refractivity contribution in [2.45, 2.75) is 25.7 Å². The topological polar surface area (TPSA) is 88.6 Å². The molecule has 0 bridgehead atoms. The average Bonchev–Trinajstić information content (AvgIpc) is 3.15. The highest BCUT2D eigenvalue weighted by atomic mass is 32.2. The molecule has 9 heteroatoms. The van der Waals surface area contributed by atoms with Gasteiger partial charge in [0.25, 0.3) is 15.9 Å². The molecule has 1 aromatic heterocycles. The molecular formula is C21H21N3O4S2. The zero-order valence-electron chi connectivity index (χ0n) is 16.8. The Labute approximate surface area is 179 Å². The summed E-state index contributed by atoms with van der Waals surface area (Å²) in [5.41, 5.74) is 3.77. The van der Waals surface area contributed by atoms with Crippen molar-refractivity contribution in [3.8, 4) is 17.0 Å². The van der Waals surface area contributed by atoms with Crippen molar-refractivity contribution in [3.63, 3.8) is 0 Å². The van der Waals surface area contributed by atoms with Crippen LogP contribution >= 0.6 is 11.3 Å². The Kier molecular flexibility index (Phi) is 5.25. The molecule has 2 aromatic carbocycles. The zero-order chi connectivity index (χ0) is 21.5. The highest BCUT2D eigenvalue weighted by molar-refractivity contribution is 7.93. The molecule has 4 rings (SSSR count). The minimum atomic E-state index is -3.74. The van der Waals surface area contributed by atoms with Crippen LogP contribution in [-0.4, -0.2) is 32.5 Å². The van der Waals surface area contributed by atoms with Gasteiger partial charge < -0.3 is 9.64 Å². The third kappa shape index (κ3) is 3.78. The first-order valence-corrected chi connectivity index (χ1v) is 11.8. The molecule has 0 unspecified atom stereocenters. The monoisotopic (exact) mass is 443 g/mol. The number of sulfonamides is 1. The van der Waals surface area contributed by atoms with Crippen LogP contribution in [-0.2, 0) is 14.8 Å². The Bertz CT molecular complexity index is 1230. The van der Waals surface area contributed by atoms with Gasteiger partial charge in [0.2, 0.25) is 0 Å². The molecule has 0 spiro atoms. The van der Waals surface area contributed by atoms with Gasteiger partial charge in [0.05, 0.1) is 16.3 Å². The van der Waals surface area contributed by atoms with Crippen molar-refractivity contribution < 1.29 is 17.9 Å². The third-order valence-corrected chi connectivity index (χ3v) is 7.25. The first-order chi connectivity index (χ1) is 14.3. The SMILES string of the molecule is CCN1C(=O)COc2ccc(-c3csc(NS(=O)(=O)c4ccc(C)cc4C)n3)cc21. The number of amides is 1. The van der Waals surface area contributed by atoms with Crippen LogP contribution in [0.2, 0.25) is 0 Å². The Morgan fingerprint density at radius 2 is 2.00 bits per heavy atom. The fourth-order valence-electron chi connectivity index (χ4n) is 3.43. The molecule has 7 nitrogen and oxygen atoms in total. The van der Waals surface area contributed by atoms with E-state index >= 15 is 0 Å². The molecule has 1 aliphatic heterocycles. The van der Waals surface area contributed by atoms with Crippen LogP contribution in [0.15, 0.2) is 46.7 Å². The second-order valence-electron chi connectivity index (χ2n) is 7.02. The predicted molar refractivity (Wildman–Crippen MR) is 118 cm³/mol. The summed E-state index contributed by atoms with van der Waals surface area (Å²) >= 11 is 1.21. The molecule has 30 heavy (non-hydrogen) atoms. The van der Waals surface area contributed by atoms with E-state index in [0.29, 0.717) is 29.2 Å². The van der Waals surface area contributed by atoms with Gasteiger partial charge in [0.15, 0.2) is 11.7 Å². The number of hydrogen-bond acceptors (Lipinski definition) is 6. The second kappa shape index (κ2) is 7.73. The summed E-state index contributed by atoms with van der Waals surface area (Å²) in [6, 6.07) is 10.7. The number of anilines is 2. The van der Waals surface area contributed by atoms with Gasteiger partial charge >= 0.3 is 0 Å². The number of thiazole rings is 1. The van der Waals surface area contributed by atoms with Crippen LogP contribution in [0.5, 0.6) is 5.75 Å². The lowest BCUT2D eigenvalue weighted by atomic mass is 10.1. The Morgan fingerprint density at radius 1 is 1.20 bits per heavy atom. The number of likely N-dealkylation sites (N-methyl/N-ethyl adjacent to an activating group) is 1. The number of aromatic nitrogens is 1. The molecular weight excluding hydrogens is 422 g/mol. The van der Waals surface area contributed by atoms with E-state index in [4.69, 9.17) is 4.74 Å². The summed E-state index contributed by atoms with van der Waals surface area (Å²) in [7, 11) is -3.74. The lowest BCUT2D eigenvalue weighted by Crippen LogP contribution is -2.38. The number of carbonyl (C=O) groups is 1. The summed E-state index contributed by atoms with van der Waals surface area (Å²) in [6.45, 7) is 6.16. The molecule has 0 atom stereocenters. The van der Waals surface area contributed by atoms with Gasteiger partial charge in [-0.15, -0.1) is 11.3 Å². The molecule has 1 aliphatic rings. The summed E-state index contributed by atoms with van der Waals surface area (Å²) in [5.74, 6) is 0.550. The molecule has 0 aliphatic carbocycles. The average molecular weight is 444 g/mol. The Hall–Kier alpha value is -2.91. The number of nitrogens with zero attached hydrogens (tertiary/aromatic N) is 2. The summed E-state index contributed by atoms with van der Waals surface area (Å²) in [6.07, 6.45) is 0. The smallest absolute Gasteiger partial charge is 0.265 e. The number of carbonyl (C=O) groups excluding carboxylic acids is 1. The normalized spacial score (nSPS) is 13.7. The second-order valence-corrected chi connectivity index (χ2v) is 9.53. The molecule has 0 radical (unpaired) electrons. The van der Waals surface area contributed by atoms with Crippen LogP contribution in [0, 0.1) is 13.8 Å². The first kappa shape index (κ1) is 20.4. The lowest BCUT2D eigenvalue weighted by Gasteiger charge is -2.28. The fourth-order valence-corrected chi connectivity index (χ4v) is 5.63. The molecule has 0 saturated carbocycles. The number of hydrogen-bond donors (Lipinski definition) is 1. The summed E-state index contributed by atoms with van der Waals surface area (Å²) in [5, 5.41) is 2.06. The molecule has 1 amide bonds. The van der Waals surface area contributed by atoms with Gasteiger partial charge in [-0.05, 0) is 50.6 Å². The minimum absolute atomic E-state index is 0.0290. The van der Waals surface area contributed by atoms with Crippen molar-refractivity contribution >= 4 is 38.1 Å². The standard InChI is InChI=1S/C21H21N3O4S2/c1-4-24-17-10-15(6-7-18(17)28-11-20(24)25)16-12-29-21(22-16)23-30(26,27)19-8-5-13(2)9-14(19)3/h5-10,12H,4,11H2,1-3H3,(H,22,23). The van der Waals surface area contributed by atoms with Crippen LogP contribution in [0.3, 0.4) is 0 Å². The quantitative estimate of drug-likeness (QED) is 0.645. The number of ether oxygens (including phenoxy) is 1. The summed E-state index contributed by atoms with van der Waals surface area (Å²) in [4.78, 5) is 18.4. The van der Waals surface area contributed by atoms with Crippen molar-refractivity contribution in [1.29, 1.82) is 0 Å². The van der Waals surface area contributed by atoms with Gasteiger partial charge in [-0.3, -0.25) is 9.52 Å². The molecule has 3 aromatic rings. The van der Waals surface area contributed by atoms with E-state index in [0.717, 1.165) is 11.1 Å². The molecule has 0 saturated heterocycles. The number of nitrogens with one attached hydrogen (secondary N) is 1. The van der Waals surface area contributed by atoms with E-state index in [-0.39, 0.29) is 22.5 Å². The largest absolute Gasteiger partial charge is 0.482 e. The number of benzene rings is 2. The zero-order valence-corrected chi connectivity index (χ0v) is 18.4. The highest BCUT2D eigenvalue weighted by Crippen LogP contribution is 2.37. The maximum Gasteiger partial charge on any atom is 0.265 e. The van der Waals surface area contributed by atoms with E-state index in [2.05, 4.69) is 9.71 Å². The van der Waals surface area contributed by atoms with Crippen molar-refractivity contribution in [1.82, 2.24) is 4.98 Å². The molecule has 0 fully saturated rings. The number of aryl methyl sites for hydroxylation is 2. The van der Waals surface area contributed by atoms with Crippen LogP contribution in [0.4, 0.5) is 10.8 Å². The first-order valence-electron chi connectivity index (χ1n) is 9.41. The molecule has 156 valence electrons. The van der Waals surface area contributed by atoms with Crippen LogP contribution < -0.4 is 14.4 Å². The van der Waals surface area contributed by atoms with E-state index in [1.54, 1.807) is 35.4 Å².